The molecule has 2 heterocycles. The Kier molecular flexibility index (Phi) is 7.58. The third-order valence-electron chi connectivity index (χ3n) is 6.87. The number of rotatable bonds is 7. The summed E-state index contributed by atoms with van der Waals surface area (Å²) in [4.78, 5) is 32.2. The third kappa shape index (κ3) is 5.80. The summed E-state index contributed by atoms with van der Waals surface area (Å²) in [5.74, 6) is -0.551. The van der Waals surface area contributed by atoms with Crippen molar-refractivity contribution in [1.82, 2.24) is 15.2 Å². The van der Waals surface area contributed by atoms with Crippen molar-refractivity contribution in [1.29, 1.82) is 0 Å². The van der Waals surface area contributed by atoms with E-state index in [1.807, 2.05) is 36.4 Å². The van der Waals surface area contributed by atoms with E-state index in [-0.39, 0.29) is 18.4 Å². The highest BCUT2D eigenvalue weighted by Gasteiger charge is 2.18. The highest BCUT2D eigenvalue weighted by molar-refractivity contribution is 6.04. The summed E-state index contributed by atoms with van der Waals surface area (Å²) in [5.41, 5.74) is 6.86. The van der Waals surface area contributed by atoms with Crippen LogP contribution in [0.3, 0.4) is 0 Å². The molecule has 0 saturated carbocycles. The zero-order valence-corrected chi connectivity index (χ0v) is 21.2. The molecule has 1 aliphatic rings. The molecule has 0 radical (unpaired) electrons. The number of carbonyl (C=O) groups excluding carboxylic acids is 2. The molecule has 0 aliphatic carbocycles. The van der Waals surface area contributed by atoms with E-state index >= 15 is 0 Å². The maximum Gasteiger partial charge on any atom is 0.255 e. The van der Waals surface area contributed by atoms with E-state index < -0.39 is 6.04 Å². The van der Waals surface area contributed by atoms with E-state index in [2.05, 4.69) is 33.6 Å². The van der Waals surface area contributed by atoms with E-state index in [1.54, 1.807) is 48.8 Å². The minimum absolute atomic E-state index is 0.245. The van der Waals surface area contributed by atoms with Crippen molar-refractivity contribution in [3.63, 3.8) is 0 Å². The van der Waals surface area contributed by atoms with Crippen LogP contribution in [0.5, 0.6) is 0 Å². The maximum atomic E-state index is 13.0. The largest absolute Gasteiger partial charge is 0.394 e. The van der Waals surface area contributed by atoms with Crippen LogP contribution in [0.15, 0.2) is 91.3 Å². The molecule has 3 N–H and O–H groups in total. The molecule has 0 spiro atoms. The lowest BCUT2D eigenvalue weighted by atomic mass is 9.99. The first-order valence-electron chi connectivity index (χ1n) is 12.6. The number of likely N-dealkylation sites (N-methyl/N-ethyl adjacent to an activating group) is 1. The predicted octanol–water partition coefficient (Wildman–Crippen LogP) is 4.45. The standard InChI is InChI=1S/C31H30N4O3/c1-35-16-13-22-9-10-28(18-27(22)19-35)33-31(38)26-4-2-3-25(17-26)29(20-36)34-30(37)24-7-5-21(6-8-24)23-11-14-32-15-12-23/h2-12,14-15,17-18,29,36H,13,16,19-20H2,1H3,(H,33,38)(H,34,37)/t29-/m1/s1. The van der Waals surface area contributed by atoms with Gasteiger partial charge in [-0.15, -0.1) is 0 Å². The topological polar surface area (TPSA) is 94.6 Å². The summed E-state index contributed by atoms with van der Waals surface area (Å²) in [5, 5.41) is 15.9. The Morgan fingerprint density at radius 3 is 2.42 bits per heavy atom. The smallest absolute Gasteiger partial charge is 0.255 e. The number of benzene rings is 3. The summed E-state index contributed by atoms with van der Waals surface area (Å²) in [6, 6.07) is 23.4. The fraction of sp³-hybridized carbons (Fsp3) is 0.194. The fourth-order valence-corrected chi connectivity index (χ4v) is 4.71. The van der Waals surface area contributed by atoms with Gasteiger partial charge in [-0.3, -0.25) is 14.6 Å². The van der Waals surface area contributed by atoms with E-state index in [0.29, 0.717) is 16.7 Å². The fourth-order valence-electron chi connectivity index (χ4n) is 4.71. The van der Waals surface area contributed by atoms with Gasteiger partial charge in [0.25, 0.3) is 11.8 Å². The van der Waals surface area contributed by atoms with Gasteiger partial charge in [-0.25, -0.2) is 0 Å². The summed E-state index contributed by atoms with van der Waals surface area (Å²) in [7, 11) is 2.09. The average Bonchev–Trinajstić information content (AvgIpc) is 2.96. The van der Waals surface area contributed by atoms with Gasteiger partial charge in [0.2, 0.25) is 0 Å². The Labute approximate surface area is 222 Å². The Balaban J connectivity index is 1.26. The molecule has 38 heavy (non-hydrogen) atoms. The Bertz CT molecular complexity index is 1440. The summed E-state index contributed by atoms with van der Waals surface area (Å²) < 4.78 is 0. The number of hydrogen-bond donors (Lipinski definition) is 3. The maximum absolute atomic E-state index is 13.0. The quantitative estimate of drug-likeness (QED) is 0.344. The van der Waals surface area contributed by atoms with Crippen molar-refractivity contribution < 1.29 is 14.7 Å². The number of carbonyl (C=O) groups is 2. The van der Waals surface area contributed by atoms with Crippen molar-refractivity contribution in [2.45, 2.75) is 19.0 Å². The first-order chi connectivity index (χ1) is 18.5. The lowest BCUT2D eigenvalue weighted by molar-refractivity contribution is 0.0916. The van der Waals surface area contributed by atoms with Crippen LogP contribution in [-0.2, 0) is 13.0 Å². The number of nitrogens with one attached hydrogen (secondary N) is 2. The Morgan fingerprint density at radius 2 is 1.66 bits per heavy atom. The molecule has 0 bridgehead atoms. The van der Waals surface area contributed by atoms with Crippen LogP contribution in [0.1, 0.15) is 43.4 Å². The number of amides is 2. The minimum Gasteiger partial charge on any atom is -0.394 e. The zero-order valence-electron chi connectivity index (χ0n) is 21.2. The highest BCUT2D eigenvalue weighted by atomic mass is 16.3. The lowest BCUT2D eigenvalue weighted by Crippen LogP contribution is -2.31. The van der Waals surface area contributed by atoms with Gasteiger partial charge >= 0.3 is 0 Å². The molecule has 0 saturated heterocycles. The molecular weight excluding hydrogens is 476 g/mol. The molecular formula is C31H30N4O3. The molecule has 4 aromatic rings. The number of aliphatic hydroxyl groups is 1. The highest BCUT2D eigenvalue weighted by Crippen LogP contribution is 2.23. The number of pyridine rings is 1. The number of aliphatic hydroxyl groups excluding tert-OH is 1. The molecule has 0 fully saturated rings. The molecule has 1 aliphatic heterocycles. The van der Waals surface area contributed by atoms with Gasteiger partial charge in [0, 0.05) is 42.3 Å². The van der Waals surface area contributed by atoms with Crippen molar-refractivity contribution in [2.75, 3.05) is 25.5 Å². The monoisotopic (exact) mass is 506 g/mol. The molecule has 7 nitrogen and oxygen atoms in total. The van der Waals surface area contributed by atoms with Crippen LogP contribution in [-0.4, -0.2) is 47.0 Å². The zero-order chi connectivity index (χ0) is 26.5. The van der Waals surface area contributed by atoms with Crippen LogP contribution < -0.4 is 10.6 Å². The SMILES string of the molecule is CN1CCc2ccc(NC(=O)c3cccc([C@@H](CO)NC(=O)c4ccc(-c5ccncc5)cc4)c3)cc2C1. The molecule has 7 heteroatoms. The molecule has 1 atom stereocenters. The second kappa shape index (κ2) is 11.4. The number of aromatic nitrogens is 1. The number of nitrogens with zero attached hydrogens (tertiary/aromatic N) is 2. The van der Waals surface area contributed by atoms with Gasteiger partial charge < -0.3 is 20.6 Å². The van der Waals surface area contributed by atoms with Crippen LogP contribution in [0, 0.1) is 0 Å². The summed E-state index contributed by atoms with van der Waals surface area (Å²) >= 11 is 0. The molecule has 3 aromatic carbocycles. The first kappa shape index (κ1) is 25.3. The first-order valence-corrected chi connectivity index (χ1v) is 12.6. The van der Waals surface area contributed by atoms with E-state index in [1.165, 1.54) is 11.1 Å². The molecule has 1 aromatic heterocycles. The van der Waals surface area contributed by atoms with Crippen molar-refractivity contribution in [3.05, 3.63) is 119 Å². The van der Waals surface area contributed by atoms with Crippen LogP contribution in [0.2, 0.25) is 0 Å². The van der Waals surface area contributed by atoms with Gasteiger partial charge in [-0.2, -0.15) is 0 Å². The number of fused-ring (bicyclic) bond motifs is 1. The number of hydrogen-bond acceptors (Lipinski definition) is 5. The van der Waals surface area contributed by atoms with Crippen LogP contribution >= 0.6 is 0 Å². The van der Waals surface area contributed by atoms with Gasteiger partial charge in [0.05, 0.1) is 12.6 Å². The Morgan fingerprint density at radius 1 is 0.895 bits per heavy atom. The van der Waals surface area contributed by atoms with Gasteiger partial charge in [-0.1, -0.05) is 30.3 Å². The van der Waals surface area contributed by atoms with Crippen LogP contribution in [0.4, 0.5) is 5.69 Å². The van der Waals surface area contributed by atoms with E-state index in [4.69, 9.17) is 0 Å². The molecule has 5 rings (SSSR count). The van der Waals surface area contributed by atoms with E-state index in [0.717, 1.165) is 36.3 Å². The van der Waals surface area contributed by atoms with E-state index in [9.17, 15) is 14.7 Å². The van der Waals surface area contributed by atoms with Crippen molar-refractivity contribution in [3.8, 4) is 11.1 Å². The van der Waals surface area contributed by atoms with Crippen LogP contribution in [0.25, 0.3) is 11.1 Å². The summed E-state index contributed by atoms with van der Waals surface area (Å²) in [6.07, 6.45) is 4.45. The normalized spacial score (nSPS) is 13.8. The third-order valence-corrected chi connectivity index (χ3v) is 6.87. The Hall–Kier alpha value is -4.33. The molecule has 2 amide bonds. The predicted molar refractivity (Wildman–Crippen MR) is 148 cm³/mol. The minimum atomic E-state index is -0.658. The van der Waals surface area contributed by atoms with Crippen molar-refractivity contribution in [2.24, 2.45) is 0 Å². The average molecular weight is 507 g/mol. The molecule has 0 unspecified atom stereocenters. The lowest BCUT2D eigenvalue weighted by Gasteiger charge is -2.25. The molecule has 192 valence electrons. The van der Waals surface area contributed by atoms with Crippen molar-refractivity contribution >= 4 is 17.5 Å². The van der Waals surface area contributed by atoms with Gasteiger partial charge in [-0.05, 0) is 89.8 Å². The number of anilines is 1. The summed E-state index contributed by atoms with van der Waals surface area (Å²) in [6.45, 7) is 1.59. The second-order valence-corrected chi connectivity index (χ2v) is 9.57. The van der Waals surface area contributed by atoms with Gasteiger partial charge in [0.1, 0.15) is 0 Å². The second-order valence-electron chi connectivity index (χ2n) is 9.57. The van der Waals surface area contributed by atoms with Gasteiger partial charge in [0.15, 0.2) is 0 Å².